The van der Waals surface area contributed by atoms with Gasteiger partial charge in [-0.1, -0.05) is 16.8 Å². The highest BCUT2D eigenvalue weighted by molar-refractivity contribution is 8.00. The number of anilines is 1. The lowest BCUT2D eigenvalue weighted by Crippen LogP contribution is -2.71. The number of oxime groups is 1. The summed E-state index contributed by atoms with van der Waals surface area (Å²) in [4.78, 5) is 70.6. The van der Waals surface area contributed by atoms with E-state index in [2.05, 4.69) is 20.8 Å². The van der Waals surface area contributed by atoms with Gasteiger partial charge >= 0.3 is 11.9 Å². The highest BCUT2D eigenvalue weighted by Crippen LogP contribution is 2.40. The molecule has 1 aromatic heterocycles. The summed E-state index contributed by atoms with van der Waals surface area (Å²) in [6, 6.07) is -1.06. The van der Waals surface area contributed by atoms with Crippen LogP contribution < -0.4 is 10.6 Å². The Hall–Kier alpha value is -3.43. The summed E-state index contributed by atoms with van der Waals surface area (Å²) in [6.45, 7) is 4.42. The van der Waals surface area contributed by atoms with Gasteiger partial charge in [-0.2, -0.15) is 0 Å². The van der Waals surface area contributed by atoms with Crippen molar-refractivity contribution in [1.82, 2.24) is 15.2 Å². The molecule has 2 atom stereocenters. The van der Waals surface area contributed by atoms with Crippen LogP contribution in [-0.2, 0) is 33.5 Å². The fraction of sp³-hybridized carbons (Fsp3) is 0.381. The Morgan fingerprint density at radius 3 is 2.73 bits per heavy atom. The Labute approximate surface area is 223 Å². The summed E-state index contributed by atoms with van der Waals surface area (Å²) in [7, 11) is 0. The summed E-state index contributed by atoms with van der Waals surface area (Å²) < 4.78 is 5.13. The second-order valence-electron chi connectivity index (χ2n) is 8.43. The molecule has 16 heteroatoms. The number of halogens is 1. The zero-order chi connectivity index (χ0) is 27.3. The van der Waals surface area contributed by atoms with Gasteiger partial charge in [-0.15, -0.1) is 23.1 Å². The second-order valence-corrected chi connectivity index (χ2v) is 10.6. The number of aromatic nitrogens is 1. The maximum absolute atomic E-state index is 13.1. The molecular formula is C21H22ClN5O8S2. The van der Waals surface area contributed by atoms with E-state index in [1.165, 1.54) is 23.2 Å². The minimum atomic E-state index is -1.30. The number of hydrogen-bond donors (Lipinski definition) is 3. The number of thiazole rings is 1. The summed E-state index contributed by atoms with van der Waals surface area (Å²) in [5, 5.41) is 19.1. The van der Waals surface area contributed by atoms with Crippen molar-refractivity contribution in [2.24, 2.45) is 5.16 Å². The van der Waals surface area contributed by atoms with Gasteiger partial charge in [0.25, 0.3) is 11.8 Å². The van der Waals surface area contributed by atoms with Crippen LogP contribution in [0.4, 0.5) is 5.13 Å². The van der Waals surface area contributed by atoms with E-state index in [-0.39, 0.29) is 28.0 Å². The van der Waals surface area contributed by atoms with E-state index in [4.69, 9.17) is 21.2 Å². The molecule has 3 N–H and O–H groups in total. The van der Waals surface area contributed by atoms with Gasteiger partial charge in [-0.05, 0) is 32.4 Å². The quantitative estimate of drug-likeness (QED) is 0.122. The molecule has 2 aliphatic rings. The zero-order valence-electron chi connectivity index (χ0n) is 19.7. The smallest absolute Gasteiger partial charge is 0.352 e. The van der Waals surface area contributed by atoms with Gasteiger partial charge in [0.15, 0.2) is 10.8 Å². The van der Waals surface area contributed by atoms with Crippen molar-refractivity contribution >= 4 is 75.7 Å². The van der Waals surface area contributed by atoms with Crippen molar-refractivity contribution in [1.29, 1.82) is 0 Å². The number of ether oxygens (including phenoxy) is 1. The molecule has 0 spiro atoms. The van der Waals surface area contributed by atoms with E-state index in [1.807, 2.05) is 0 Å². The van der Waals surface area contributed by atoms with Crippen molar-refractivity contribution in [3.05, 3.63) is 34.0 Å². The fourth-order valence-corrected chi connectivity index (χ4v) is 5.41. The number of β-lactam (4-membered cyclic amide) rings is 1. The molecule has 198 valence electrons. The van der Waals surface area contributed by atoms with Gasteiger partial charge in [0.05, 0.1) is 0 Å². The second kappa shape index (κ2) is 11.7. The maximum atomic E-state index is 13.1. The predicted octanol–water partition coefficient (Wildman–Crippen LogP) is 1.26. The van der Waals surface area contributed by atoms with Crippen molar-refractivity contribution < 1.29 is 38.7 Å². The Morgan fingerprint density at radius 2 is 2.11 bits per heavy atom. The number of carbonyl (C=O) groups is 5. The van der Waals surface area contributed by atoms with Crippen molar-refractivity contribution in [2.75, 3.05) is 17.7 Å². The first-order valence-corrected chi connectivity index (χ1v) is 12.9. The van der Waals surface area contributed by atoms with Gasteiger partial charge in [0, 0.05) is 16.7 Å². The van der Waals surface area contributed by atoms with Crippen LogP contribution in [0.1, 0.15) is 26.5 Å². The third kappa shape index (κ3) is 6.67. The van der Waals surface area contributed by atoms with Crippen LogP contribution >= 0.6 is 34.7 Å². The summed E-state index contributed by atoms with van der Waals surface area (Å²) in [5.41, 5.74) is 0.185. The number of carboxylic acid groups (broad SMARTS) is 1. The topological polar surface area (TPSA) is 177 Å². The van der Waals surface area contributed by atoms with Gasteiger partial charge in [0.1, 0.15) is 28.4 Å². The SMILES string of the molecule is CC(C)(C)OC(=O)CON=C(C(=O)NC1C(=O)N2C(C(=O)O)=C(/C=C/Cl)CS[C@@H]12)c1csc(NC=O)n1. The van der Waals surface area contributed by atoms with Crippen LogP contribution in [0, 0.1) is 0 Å². The zero-order valence-corrected chi connectivity index (χ0v) is 22.1. The molecule has 3 heterocycles. The first kappa shape index (κ1) is 28.1. The molecule has 3 amide bonds. The van der Waals surface area contributed by atoms with E-state index < -0.39 is 47.4 Å². The third-order valence-corrected chi connectivity index (χ3v) is 6.86. The molecule has 1 unspecified atom stereocenters. The lowest BCUT2D eigenvalue weighted by Gasteiger charge is -2.49. The minimum absolute atomic E-state index is 0.0108. The normalized spacial score (nSPS) is 19.7. The number of carbonyl (C=O) groups excluding carboxylic acids is 4. The Morgan fingerprint density at radius 1 is 1.38 bits per heavy atom. The Balaban J connectivity index is 1.79. The molecule has 0 radical (unpaired) electrons. The Kier molecular flexibility index (Phi) is 8.94. The van der Waals surface area contributed by atoms with Gasteiger partial charge in [0.2, 0.25) is 13.0 Å². The lowest BCUT2D eigenvalue weighted by atomic mass is 10.0. The summed E-state index contributed by atoms with van der Waals surface area (Å²) >= 11 is 7.84. The number of nitrogens with zero attached hydrogens (tertiary/aromatic N) is 3. The molecule has 0 bridgehead atoms. The number of allylic oxidation sites excluding steroid dienone is 1. The molecule has 2 aliphatic heterocycles. The average molecular weight is 572 g/mol. The average Bonchev–Trinajstić information content (AvgIpc) is 3.27. The molecule has 3 rings (SSSR count). The number of thioether (sulfide) groups is 1. The van der Waals surface area contributed by atoms with Crippen molar-refractivity contribution in [2.45, 2.75) is 37.8 Å². The standard InChI is InChI=1S/C21H22ClN5O8S2/c1-21(2,3)35-12(29)6-34-26-13(11-8-37-20(24-11)23-9-28)16(30)25-14-17(31)27-15(19(32)33)10(4-5-22)7-36-18(14)27/h4-5,8-9,14,18H,6-7H2,1-3H3,(H,25,30)(H,32,33)(H,23,24,28)/b5-4+,26-13?/t14?,18-/m0/s1. The maximum Gasteiger partial charge on any atom is 0.352 e. The largest absolute Gasteiger partial charge is 0.477 e. The van der Waals surface area contributed by atoms with Crippen molar-refractivity contribution in [3.8, 4) is 0 Å². The van der Waals surface area contributed by atoms with E-state index >= 15 is 0 Å². The molecule has 1 aromatic rings. The molecule has 0 aliphatic carbocycles. The van der Waals surface area contributed by atoms with Gasteiger partial charge in [-0.3, -0.25) is 19.3 Å². The molecular weight excluding hydrogens is 550 g/mol. The summed E-state index contributed by atoms with van der Waals surface area (Å²) in [5.74, 6) is -3.28. The lowest BCUT2D eigenvalue weighted by molar-refractivity contribution is -0.160. The first-order chi connectivity index (χ1) is 17.5. The minimum Gasteiger partial charge on any atom is -0.477 e. The molecule has 37 heavy (non-hydrogen) atoms. The van der Waals surface area contributed by atoms with Crippen LogP contribution in [0.2, 0.25) is 0 Å². The van der Waals surface area contributed by atoms with E-state index in [0.29, 0.717) is 12.0 Å². The van der Waals surface area contributed by atoms with E-state index in [1.54, 1.807) is 20.8 Å². The number of rotatable bonds is 10. The number of fused-ring (bicyclic) bond motifs is 1. The monoisotopic (exact) mass is 571 g/mol. The van der Waals surface area contributed by atoms with E-state index in [0.717, 1.165) is 21.8 Å². The molecule has 1 fully saturated rings. The molecule has 0 saturated carbocycles. The molecule has 0 aromatic carbocycles. The fourth-order valence-electron chi connectivity index (χ4n) is 3.28. The highest BCUT2D eigenvalue weighted by Gasteiger charge is 2.54. The number of esters is 1. The number of aliphatic carboxylic acids is 1. The number of amides is 3. The number of hydrogen-bond acceptors (Lipinski definition) is 11. The number of nitrogens with one attached hydrogen (secondary N) is 2. The van der Waals surface area contributed by atoms with Crippen LogP contribution in [0.15, 0.2) is 33.4 Å². The first-order valence-electron chi connectivity index (χ1n) is 10.5. The molecule has 13 nitrogen and oxygen atoms in total. The highest BCUT2D eigenvalue weighted by atomic mass is 35.5. The Bertz CT molecular complexity index is 1210. The van der Waals surface area contributed by atoms with Crippen LogP contribution in [0.3, 0.4) is 0 Å². The van der Waals surface area contributed by atoms with Crippen LogP contribution in [0.25, 0.3) is 0 Å². The van der Waals surface area contributed by atoms with Crippen LogP contribution in [-0.4, -0.2) is 80.2 Å². The van der Waals surface area contributed by atoms with Gasteiger partial charge < -0.3 is 25.3 Å². The molecule has 1 saturated heterocycles. The third-order valence-electron chi connectivity index (χ3n) is 4.65. The van der Waals surface area contributed by atoms with Crippen molar-refractivity contribution in [3.63, 3.8) is 0 Å². The number of carboxylic acids is 1. The van der Waals surface area contributed by atoms with Crippen LogP contribution in [0.5, 0.6) is 0 Å². The van der Waals surface area contributed by atoms with E-state index in [9.17, 15) is 29.1 Å². The summed E-state index contributed by atoms with van der Waals surface area (Å²) in [6.07, 6.45) is 1.80. The van der Waals surface area contributed by atoms with Gasteiger partial charge in [-0.25, -0.2) is 14.6 Å². The predicted molar refractivity (Wildman–Crippen MR) is 135 cm³/mol.